The molecule has 2 nitrogen and oxygen atoms in total. The average Bonchev–Trinajstić information content (AvgIpc) is 2.41. The predicted octanol–water partition coefficient (Wildman–Crippen LogP) is 4.02. The van der Waals surface area contributed by atoms with Gasteiger partial charge in [0.1, 0.15) is 11.6 Å². The van der Waals surface area contributed by atoms with Crippen LogP contribution in [0.1, 0.15) is 23.6 Å². The molecule has 1 unspecified atom stereocenters. The number of aryl methyl sites for hydroxylation is 1. The maximum absolute atomic E-state index is 13.8. The summed E-state index contributed by atoms with van der Waals surface area (Å²) in [4.78, 5) is 0. The second-order valence-electron chi connectivity index (χ2n) is 5.01. The molecule has 0 spiro atoms. The van der Waals surface area contributed by atoms with Crippen LogP contribution in [0.5, 0.6) is 5.75 Å². The van der Waals surface area contributed by atoms with Crippen LogP contribution in [0.15, 0.2) is 36.4 Å². The third kappa shape index (κ3) is 2.65. The molecule has 106 valence electrons. The zero-order valence-electron chi connectivity index (χ0n) is 11.7. The van der Waals surface area contributed by atoms with E-state index in [1.807, 2.05) is 13.0 Å². The van der Waals surface area contributed by atoms with E-state index < -0.39 is 5.54 Å². The number of hydrogen-bond acceptors (Lipinski definition) is 2. The maximum Gasteiger partial charge on any atom is 0.126 e. The molecule has 0 amide bonds. The molecule has 0 saturated carbocycles. The smallest absolute Gasteiger partial charge is 0.126 e. The van der Waals surface area contributed by atoms with Gasteiger partial charge in [0.25, 0.3) is 0 Å². The lowest BCUT2D eigenvalue weighted by Crippen LogP contribution is -2.35. The standard InChI is InChI=1S/C16H17ClFNO/c1-10-4-5-11(8-14(10)18)16(2,19)13-9-12(17)6-7-15(13)20-3/h4-9H,19H2,1-3H3. The van der Waals surface area contributed by atoms with E-state index in [2.05, 4.69) is 0 Å². The average molecular weight is 294 g/mol. The normalized spacial score (nSPS) is 13.9. The maximum atomic E-state index is 13.8. The Kier molecular flexibility index (Phi) is 4.02. The molecular formula is C16H17ClFNO. The molecule has 0 aromatic heterocycles. The molecule has 20 heavy (non-hydrogen) atoms. The SMILES string of the molecule is COc1ccc(Cl)cc1C(C)(N)c1ccc(C)c(F)c1. The Hall–Kier alpha value is -1.58. The van der Waals surface area contributed by atoms with Crippen molar-refractivity contribution in [3.63, 3.8) is 0 Å². The van der Waals surface area contributed by atoms with Gasteiger partial charge in [-0.15, -0.1) is 0 Å². The predicted molar refractivity (Wildman–Crippen MR) is 79.8 cm³/mol. The zero-order chi connectivity index (χ0) is 14.9. The third-order valence-electron chi connectivity index (χ3n) is 3.49. The molecule has 2 aromatic rings. The van der Waals surface area contributed by atoms with Crippen LogP contribution in [0, 0.1) is 12.7 Å². The number of rotatable bonds is 3. The molecule has 2 rings (SSSR count). The quantitative estimate of drug-likeness (QED) is 0.928. The van der Waals surface area contributed by atoms with E-state index in [0.29, 0.717) is 21.9 Å². The molecule has 1 atom stereocenters. The highest BCUT2D eigenvalue weighted by Crippen LogP contribution is 2.35. The number of benzene rings is 2. The van der Waals surface area contributed by atoms with Gasteiger partial charge in [-0.1, -0.05) is 23.7 Å². The minimum Gasteiger partial charge on any atom is -0.496 e. The van der Waals surface area contributed by atoms with Crippen molar-refractivity contribution in [2.45, 2.75) is 19.4 Å². The summed E-state index contributed by atoms with van der Waals surface area (Å²) in [6.45, 7) is 3.53. The fraction of sp³-hybridized carbons (Fsp3) is 0.250. The second-order valence-corrected chi connectivity index (χ2v) is 5.45. The molecule has 2 aromatic carbocycles. The van der Waals surface area contributed by atoms with E-state index in [-0.39, 0.29) is 5.82 Å². The van der Waals surface area contributed by atoms with Crippen LogP contribution in [-0.2, 0) is 5.54 Å². The van der Waals surface area contributed by atoms with Crippen molar-refractivity contribution in [3.8, 4) is 5.75 Å². The summed E-state index contributed by atoms with van der Waals surface area (Å²) in [5, 5.41) is 0.560. The summed E-state index contributed by atoms with van der Waals surface area (Å²) < 4.78 is 19.1. The van der Waals surface area contributed by atoms with Crippen LogP contribution in [0.3, 0.4) is 0 Å². The van der Waals surface area contributed by atoms with Gasteiger partial charge in [-0.05, 0) is 49.2 Å². The zero-order valence-corrected chi connectivity index (χ0v) is 12.5. The molecule has 0 bridgehead atoms. The van der Waals surface area contributed by atoms with E-state index in [1.165, 1.54) is 6.07 Å². The van der Waals surface area contributed by atoms with Crippen molar-refractivity contribution >= 4 is 11.6 Å². The first kappa shape index (κ1) is 14.8. The van der Waals surface area contributed by atoms with Crippen molar-refractivity contribution in [2.24, 2.45) is 5.73 Å². The van der Waals surface area contributed by atoms with Gasteiger partial charge >= 0.3 is 0 Å². The lowest BCUT2D eigenvalue weighted by Gasteiger charge is -2.28. The summed E-state index contributed by atoms with van der Waals surface area (Å²) in [6, 6.07) is 10.2. The van der Waals surface area contributed by atoms with Crippen LogP contribution in [0.25, 0.3) is 0 Å². The first-order valence-electron chi connectivity index (χ1n) is 6.26. The minimum atomic E-state index is -0.898. The molecule has 2 N–H and O–H groups in total. The monoisotopic (exact) mass is 293 g/mol. The Balaban J connectivity index is 2.59. The first-order chi connectivity index (χ1) is 9.36. The van der Waals surface area contributed by atoms with Crippen LogP contribution in [0.2, 0.25) is 5.02 Å². The van der Waals surface area contributed by atoms with Crippen LogP contribution in [0.4, 0.5) is 4.39 Å². The number of halogens is 2. The third-order valence-corrected chi connectivity index (χ3v) is 3.73. The second kappa shape index (κ2) is 5.43. The van der Waals surface area contributed by atoms with E-state index >= 15 is 0 Å². The fourth-order valence-corrected chi connectivity index (χ4v) is 2.33. The molecule has 0 aliphatic rings. The molecule has 4 heteroatoms. The van der Waals surface area contributed by atoms with Crippen LogP contribution < -0.4 is 10.5 Å². The number of ether oxygens (including phenoxy) is 1. The highest BCUT2D eigenvalue weighted by Gasteiger charge is 2.28. The van der Waals surface area contributed by atoms with Crippen molar-refractivity contribution in [1.82, 2.24) is 0 Å². The van der Waals surface area contributed by atoms with E-state index in [9.17, 15) is 4.39 Å². The Morgan fingerprint density at radius 3 is 2.50 bits per heavy atom. The van der Waals surface area contributed by atoms with Gasteiger partial charge in [-0.2, -0.15) is 0 Å². The van der Waals surface area contributed by atoms with Crippen LogP contribution >= 0.6 is 11.6 Å². The number of methoxy groups -OCH3 is 1. The van der Waals surface area contributed by atoms with Crippen LogP contribution in [-0.4, -0.2) is 7.11 Å². The number of nitrogens with two attached hydrogens (primary N) is 1. The van der Waals surface area contributed by atoms with Gasteiger partial charge in [0.05, 0.1) is 12.6 Å². The largest absolute Gasteiger partial charge is 0.496 e. The van der Waals surface area contributed by atoms with Gasteiger partial charge in [0.2, 0.25) is 0 Å². The summed E-state index contributed by atoms with van der Waals surface area (Å²) in [5.41, 5.74) is 7.49. The molecule has 0 aliphatic heterocycles. The lowest BCUT2D eigenvalue weighted by molar-refractivity contribution is 0.398. The van der Waals surface area contributed by atoms with E-state index in [0.717, 1.165) is 5.56 Å². The summed E-state index contributed by atoms with van der Waals surface area (Å²) in [6.07, 6.45) is 0. The van der Waals surface area contributed by atoms with Crippen molar-refractivity contribution in [1.29, 1.82) is 0 Å². The summed E-state index contributed by atoms with van der Waals surface area (Å²) >= 11 is 6.04. The fourth-order valence-electron chi connectivity index (χ4n) is 2.16. The van der Waals surface area contributed by atoms with Gasteiger partial charge in [0, 0.05) is 10.6 Å². The van der Waals surface area contributed by atoms with Crippen molar-refractivity contribution in [2.75, 3.05) is 7.11 Å². The first-order valence-corrected chi connectivity index (χ1v) is 6.63. The van der Waals surface area contributed by atoms with Gasteiger partial charge < -0.3 is 10.5 Å². The van der Waals surface area contributed by atoms with E-state index in [4.69, 9.17) is 22.1 Å². The molecule has 0 radical (unpaired) electrons. The Morgan fingerprint density at radius 2 is 1.90 bits per heavy atom. The minimum absolute atomic E-state index is 0.278. The van der Waals surface area contributed by atoms with Gasteiger partial charge in [-0.25, -0.2) is 4.39 Å². The lowest BCUT2D eigenvalue weighted by atomic mass is 9.84. The molecule has 0 fully saturated rings. The highest BCUT2D eigenvalue weighted by atomic mass is 35.5. The Labute approximate surface area is 123 Å². The van der Waals surface area contributed by atoms with E-state index in [1.54, 1.807) is 38.3 Å². The molecule has 0 heterocycles. The summed E-state index contributed by atoms with van der Waals surface area (Å²) in [5.74, 6) is 0.348. The van der Waals surface area contributed by atoms with Crippen molar-refractivity contribution < 1.29 is 9.13 Å². The van der Waals surface area contributed by atoms with Gasteiger partial charge in [0.15, 0.2) is 0 Å². The molecule has 0 aliphatic carbocycles. The van der Waals surface area contributed by atoms with Gasteiger partial charge in [-0.3, -0.25) is 0 Å². The molecule has 0 saturated heterocycles. The summed E-state index contributed by atoms with van der Waals surface area (Å²) in [7, 11) is 1.57. The topological polar surface area (TPSA) is 35.2 Å². The number of hydrogen-bond donors (Lipinski definition) is 1. The Morgan fingerprint density at radius 1 is 1.20 bits per heavy atom. The molecular weight excluding hydrogens is 277 g/mol. The van der Waals surface area contributed by atoms with Crippen molar-refractivity contribution in [3.05, 3.63) is 63.9 Å². The Bertz CT molecular complexity index is 640. The highest BCUT2D eigenvalue weighted by molar-refractivity contribution is 6.30.